The van der Waals surface area contributed by atoms with Crippen molar-refractivity contribution in [2.24, 2.45) is 46.3 Å². The summed E-state index contributed by atoms with van der Waals surface area (Å²) in [6.07, 6.45) is 28.1. The summed E-state index contributed by atoms with van der Waals surface area (Å²) >= 11 is 0. The van der Waals surface area contributed by atoms with Crippen LogP contribution in [-0.4, -0.2) is 12.1 Å². The van der Waals surface area contributed by atoms with E-state index in [1.807, 2.05) is 0 Å². The topological polar surface area (TPSA) is 26.3 Å². The fourth-order valence-corrected chi connectivity index (χ4v) is 10.4. The van der Waals surface area contributed by atoms with Crippen LogP contribution in [0.3, 0.4) is 0 Å². The van der Waals surface area contributed by atoms with Crippen molar-refractivity contribution < 1.29 is 9.53 Å². The molecular formula is C38H66O2. The molecule has 2 nitrogen and oxygen atoms in total. The Morgan fingerprint density at radius 3 is 2.33 bits per heavy atom. The normalized spacial score (nSPS) is 36.0. The highest BCUT2D eigenvalue weighted by molar-refractivity contribution is 5.69. The molecule has 0 aromatic rings. The van der Waals surface area contributed by atoms with Crippen LogP contribution in [0.5, 0.6) is 0 Å². The molecule has 0 aliphatic heterocycles. The molecular weight excluding hydrogens is 488 g/mol. The van der Waals surface area contributed by atoms with Crippen LogP contribution in [0.2, 0.25) is 0 Å². The summed E-state index contributed by atoms with van der Waals surface area (Å²) in [7, 11) is 0. The van der Waals surface area contributed by atoms with Crippen molar-refractivity contribution in [3.8, 4) is 0 Å². The van der Waals surface area contributed by atoms with Crippen molar-refractivity contribution in [1.82, 2.24) is 0 Å². The Balaban J connectivity index is 1.26. The minimum absolute atomic E-state index is 0.0572. The van der Waals surface area contributed by atoms with Gasteiger partial charge in [0.25, 0.3) is 0 Å². The zero-order valence-electron chi connectivity index (χ0n) is 27.6. The summed E-state index contributed by atoms with van der Waals surface area (Å²) in [5.41, 5.74) is 2.54. The van der Waals surface area contributed by atoms with Gasteiger partial charge in [-0.05, 0) is 97.7 Å². The second-order valence-electron chi connectivity index (χ2n) is 15.9. The van der Waals surface area contributed by atoms with Crippen LogP contribution in [0.15, 0.2) is 11.6 Å². The van der Waals surface area contributed by atoms with E-state index in [0.717, 1.165) is 54.8 Å². The van der Waals surface area contributed by atoms with Gasteiger partial charge in [0, 0.05) is 12.8 Å². The van der Waals surface area contributed by atoms with Crippen LogP contribution >= 0.6 is 0 Å². The molecule has 8 atom stereocenters. The number of esters is 1. The zero-order valence-corrected chi connectivity index (χ0v) is 27.6. The fourth-order valence-electron chi connectivity index (χ4n) is 10.4. The Morgan fingerprint density at radius 2 is 1.60 bits per heavy atom. The van der Waals surface area contributed by atoms with E-state index in [-0.39, 0.29) is 12.1 Å². The Hall–Kier alpha value is -0.790. The molecule has 0 radical (unpaired) electrons. The maximum Gasteiger partial charge on any atom is 0.306 e. The van der Waals surface area contributed by atoms with Gasteiger partial charge in [-0.1, -0.05) is 117 Å². The second kappa shape index (κ2) is 14.6. The number of hydrogen-bond donors (Lipinski definition) is 0. The molecule has 0 N–H and O–H groups in total. The quantitative estimate of drug-likeness (QED) is 0.114. The first kappa shape index (κ1) is 32.1. The summed E-state index contributed by atoms with van der Waals surface area (Å²) in [5, 5.41) is 0. The Bertz CT molecular complexity index is 827. The lowest BCUT2D eigenvalue weighted by Crippen LogP contribution is -2.51. The van der Waals surface area contributed by atoms with Crippen LogP contribution in [0.25, 0.3) is 0 Å². The van der Waals surface area contributed by atoms with E-state index < -0.39 is 0 Å². The Labute approximate surface area is 249 Å². The molecule has 4 aliphatic rings. The van der Waals surface area contributed by atoms with Crippen LogP contribution in [0, 0.1) is 46.3 Å². The highest BCUT2D eigenvalue weighted by atomic mass is 16.5. The Morgan fingerprint density at radius 1 is 0.875 bits per heavy atom. The maximum absolute atomic E-state index is 12.7. The van der Waals surface area contributed by atoms with Crippen molar-refractivity contribution >= 4 is 5.97 Å². The number of ether oxygens (including phenoxy) is 1. The number of hydrogen-bond acceptors (Lipinski definition) is 2. The predicted molar refractivity (Wildman–Crippen MR) is 170 cm³/mol. The minimum atomic E-state index is 0.0572. The van der Waals surface area contributed by atoms with Gasteiger partial charge in [0.1, 0.15) is 6.10 Å². The lowest BCUT2D eigenvalue weighted by molar-refractivity contribution is -0.151. The van der Waals surface area contributed by atoms with Gasteiger partial charge < -0.3 is 4.74 Å². The standard InChI is InChI=1S/C38H66O2/c1-7-8-9-10-11-12-13-14-18-36(39)40-31-23-25-37(5)30(27-31)19-20-32-34-22-21-33(29(4)17-15-16-28(2)3)38(34,6)26-24-35(32)37/h19,28-29,31-35H,7-18,20-27H2,1-6H3/t29-,31-,32+,33-,34+,35+,37-,38-/m0/s1. The van der Waals surface area contributed by atoms with Crippen LogP contribution < -0.4 is 0 Å². The average Bonchev–Trinajstić information content (AvgIpc) is 3.27. The van der Waals surface area contributed by atoms with E-state index >= 15 is 0 Å². The van der Waals surface area contributed by atoms with Crippen molar-refractivity contribution in [3.63, 3.8) is 0 Å². The smallest absolute Gasteiger partial charge is 0.306 e. The van der Waals surface area contributed by atoms with E-state index in [1.165, 1.54) is 103 Å². The molecule has 0 heterocycles. The van der Waals surface area contributed by atoms with Gasteiger partial charge in [-0.25, -0.2) is 0 Å². The molecule has 2 heteroatoms. The lowest BCUT2D eigenvalue weighted by Gasteiger charge is -2.58. The Kier molecular flexibility index (Phi) is 11.7. The first-order valence-electron chi connectivity index (χ1n) is 18.1. The third-order valence-electron chi connectivity index (χ3n) is 12.8. The molecule has 4 aliphatic carbocycles. The minimum Gasteiger partial charge on any atom is -0.462 e. The third-order valence-corrected chi connectivity index (χ3v) is 12.8. The van der Waals surface area contributed by atoms with Gasteiger partial charge in [0.15, 0.2) is 0 Å². The van der Waals surface area contributed by atoms with Crippen LogP contribution in [0.4, 0.5) is 0 Å². The summed E-state index contributed by atoms with van der Waals surface area (Å²) in [6, 6.07) is 0. The third kappa shape index (κ3) is 7.40. The van der Waals surface area contributed by atoms with Crippen molar-refractivity contribution in [2.45, 2.75) is 176 Å². The first-order chi connectivity index (χ1) is 19.2. The van der Waals surface area contributed by atoms with E-state index in [0.29, 0.717) is 17.3 Å². The van der Waals surface area contributed by atoms with Gasteiger partial charge in [-0.3, -0.25) is 4.79 Å². The van der Waals surface area contributed by atoms with E-state index in [9.17, 15) is 4.79 Å². The maximum atomic E-state index is 12.7. The molecule has 0 spiro atoms. The molecule has 4 rings (SSSR count). The molecule has 0 aromatic heterocycles. The van der Waals surface area contributed by atoms with Crippen LogP contribution in [-0.2, 0) is 9.53 Å². The molecule has 230 valence electrons. The largest absolute Gasteiger partial charge is 0.462 e. The molecule has 0 aromatic carbocycles. The summed E-state index contributed by atoms with van der Waals surface area (Å²) < 4.78 is 6.07. The van der Waals surface area contributed by atoms with E-state index in [2.05, 4.69) is 47.6 Å². The number of rotatable bonds is 15. The molecule has 0 unspecified atom stereocenters. The monoisotopic (exact) mass is 555 g/mol. The summed E-state index contributed by atoms with van der Waals surface area (Å²) in [5.74, 6) is 5.34. The van der Waals surface area contributed by atoms with Gasteiger partial charge >= 0.3 is 5.97 Å². The highest BCUT2D eigenvalue weighted by Gasteiger charge is 2.59. The molecule has 3 saturated carbocycles. The van der Waals surface area contributed by atoms with Crippen molar-refractivity contribution in [2.75, 3.05) is 0 Å². The fraction of sp³-hybridized carbons (Fsp3) is 0.921. The molecule has 0 bridgehead atoms. The second-order valence-corrected chi connectivity index (χ2v) is 15.9. The van der Waals surface area contributed by atoms with Crippen molar-refractivity contribution in [1.29, 1.82) is 0 Å². The summed E-state index contributed by atoms with van der Waals surface area (Å²) in [4.78, 5) is 12.7. The molecule has 0 saturated heterocycles. The van der Waals surface area contributed by atoms with Gasteiger partial charge in [-0.15, -0.1) is 0 Å². The molecule has 40 heavy (non-hydrogen) atoms. The van der Waals surface area contributed by atoms with Crippen LogP contribution in [0.1, 0.15) is 170 Å². The number of unbranched alkanes of at least 4 members (excludes halogenated alkanes) is 7. The van der Waals surface area contributed by atoms with E-state index in [4.69, 9.17) is 4.74 Å². The van der Waals surface area contributed by atoms with Gasteiger partial charge in [0.05, 0.1) is 0 Å². The van der Waals surface area contributed by atoms with Gasteiger partial charge in [-0.2, -0.15) is 0 Å². The van der Waals surface area contributed by atoms with Crippen molar-refractivity contribution in [3.05, 3.63) is 11.6 Å². The van der Waals surface area contributed by atoms with E-state index in [1.54, 1.807) is 5.57 Å². The summed E-state index contributed by atoms with van der Waals surface area (Å²) in [6.45, 7) is 14.9. The molecule has 0 amide bonds. The molecule has 3 fully saturated rings. The van der Waals surface area contributed by atoms with Gasteiger partial charge in [0.2, 0.25) is 0 Å². The predicted octanol–water partition coefficient (Wildman–Crippen LogP) is 11.5. The number of allylic oxidation sites excluding steroid dienone is 1. The highest BCUT2D eigenvalue weighted by Crippen LogP contribution is 2.67. The number of fused-ring (bicyclic) bond motifs is 5. The number of carbonyl (C=O) groups is 1. The lowest BCUT2D eigenvalue weighted by atomic mass is 9.47. The zero-order chi connectivity index (χ0) is 28.8. The number of carbonyl (C=O) groups excluding carboxylic acids is 1. The average molecular weight is 555 g/mol. The SMILES string of the molecule is CCCCCCCCCCC(=O)O[C@H]1CC[C@@]2(C)C(=CC[C@@H]3[C@H]4CC[C@@H]([C@@H](C)CCCC(C)C)[C@]4(C)CC[C@H]32)C1. The first-order valence-corrected chi connectivity index (χ1v) is 18.1.